The standard InChI is InChI=1S/C20H44NO2.F6P/c1-4-7-8-9-10-11-12-13-16-21(14-5-2,15-6-3)17-19-23-20-18-22;1-7(2,3,4,5)6/h22H,4-20H2,1-3H3;/q+1;-1. The molecule has 0 radical (unpaired) electrons. The van der Waals surface area contributed by atoms with Crippen LogP contribution in [-0.2, 0) is 4.74 Å². The molecule has 0 aliphatic carbocycles. The number of hydrogen-bond donors (Lipinski definition) is 1. The van der Waals surface area contributed by atoms with Gasteiger partial charge in [-0.3, -0.25) is 0 Å². The Morgan fingerprint density at radius 1 is 0.600 bits per heavy atom. The summed E-state index contributed by atoms with van der Waals surface area (Å²) in [5.41, 5.74) is 0. The van der Waals surface area contributed by atoms with E-state index in [1.165, 1.54) is 88.3 Å². The SMILES string of the molecule is CCCCCCCCCC[N+](CCC)(CCC)CCOCCO.F[P-](F)(F)(F)(F)F. The van der Waals surface area contributed by atoms with Gasteiger partial charge in [-0.1, -0.05) is 59.3 Å². The van der Waals surface area contributed by atoms with E-state index in [1.54, 1.807) is 0 Å². The summed E-state index contributed by atoms with van der Waals surface area (Å²) in [5.74, 6) is 0. The molecule has 0 aromatic carbocycles. The molecule has 0 heterocycles. The van der Waals surface area contributed by atoms with Gasteiger partial charge < -0.3 is 14.3 Å². The van der Waals surface area contributed by atoms with Gasteiger partial charge in [0.1, 0.15) is 6.54 Å². The van der Waals surface area contributed by atoms with Crippen molar-refractivity contribution < 1.29 is 39.5 Å². The summed E-state index contributed by atoms with van der Waals surface area (Å²) in [6.45, 7) is 13.2. The van der Waals surface area contributed by atoms with E-state index in [1.807, 2.05) is 0 Å². The fourth-order valence-electron chi connectivity index (χ4n) is 3.63. The van der Waals surface area contributed by atoms with Crippen LogP contribution in [0.15, 0.2) is 0 Å². The Labute approximate surface area is 179 Å². The molecule has 0 aliphatic rings. The van der Waals surface area contributed by atoms with Crippen molar-refractivity contribution in [3.8, 4) is 0 Å². The van der Waals surface area contributed by atoms with E-state index in [0.717, 1.165) is 13.2 Å². The number of aliphatic hydroxyl groups excluding tert-OH is 1. The third kappa shape index (κ3) is 30.1. The van der Waals surface area contributed by atoms with Gasteiger partial charge in [-0.05, 0) is 25.7 Å². The molecule has 0 saturated carbocycles. The Balaban J connectivity index is 0. The molecule has 0 saturated heterocycles. The first kappa shape index (κ1) is 32.1. The van der Waals surface area contributed by atoms with Crippen LogP contribution < -0.4 is 0 Å². The quantitative estimate of drug-likeness (QED) is 0.0938. The van der Waals surface area contributed by atoms with Crippen molar-refractivity contribution in [3.63, 3.8) is 0 Å². The molecule has 0 aromatic heterocycles. The number of hydrogen-bond acceptors (Lipinski definition) is 2. The van der Waals surface area contributed by atoms with Crippen LogP contribution in [0.5, 0.6) is 0 Å². The third-order valence-corrected chi connectivity index (χ3v) is 4.83. The predicted octanol–water partition coefficient (Wildman–Crippen LogP) is 8.16. The average Bonchev–Trinajstić information content (AvgIpc) is 2.59. The molecule has 10 heteroatoms. The van der Waals surface area contributed by atoms with Gasteiger partial charge in [-0.15, -0.1) is 0 Å². The van der Waals surface area contributed by atoms with Crippen molar-refractivity contribution in [2.75, 3.05) is 46.0 Å². The average molecular weight is 476 g/mol. The first-order chi connectivity index (χ1) is 13.7. The van der Waals surface area contributed by atoms with Gasteiger partial charge in [0.05, 0.1) is 39.5 Å². The van der Waals surface area contributed by atoms with E-state index >= 15 is 0 Å². The molecular formula is C20H44F6NO2P. The van der Waals surface area contributed by atoms with Crippen LogP contribution in [0.4, 0.5) is 25.2 Å². The summed E-state index contributed by atoms with van der Waals surface area (Å²) in [4.78, 5) is 0. The van der Waals surface area contributed by atoms with Crippen LogP contribution in [-0.4, -0.2) is 55.6 Å². The molecule has 0 aliphatic heterocycles. The van der Waals surface area contributed by atoms with Gasteiger partial charge in [0, 0.05) is 0 Å². The second kappa shape index (κ2) is 14.9. The zero-order valence-electron chi connectivity index (χ0n) is 19.0. The second-order valence-electron chi connectivity index (χ2n) is 8.01. The summed E-state index contributed by atoms with van der Waals surface area (Å²) in [7, 11) is -10.7. The van der Waals surface area contributed by atoms with Crippen molar-refractivity contribution in [2.45, 2.75) is 85.0 Å². The summed E-state index contributed by atoms with van der Waals surface area (Å²) in [5, 5.41) is 8.85. The zero-order valence-corrected chi connectivity index (χ0v) is 19.9. The molecule has 0 spiro atoms. The van der Waals surface area contributed by atoms with E-state index in [0.29, 0.717) is 6.61 Å². The van der Waals surface area contributed by atoms with Crippen molar-refractivity contribution >= 4 is 7.81 Å². The van der Waals surface area contributed by atoms with Gasteiger partial charge >= 0.3 is 33.0 Å². The number of rotatable bonds is 18. The van der Waals surface area contributed by atoms with Crippen molar-refractivity contribution in [2.24, 2.45) is 0 Å². The number of halogens is 6. The molecule has 3 nitrogen and oxygen atoms in total. The Morgan fingerprint density at radius 3 is 1.43 bits per heavy atom. The zero-order chi connectivity index (χ0) is 23.6. The van der Waals surface area contributed by atoms with Crippen LogP contribution in [0.3, 0.4) is 0 Å². The molecule has 0 rings (SSSR count). The van der Waals surface area contributed by atoms with E-state index < -0.39 is 7.81 Å². The Morgan fingerprint density at radius 2 is 1.03 bits per heavy atom. The fraction of sp³-hybridized carbons (Fsp3) is 1.00. The van der Waals surface area contributed by atoms with Crippen LogP contribution >= 0.6 is 7.81 Å². The number of quaternary nitrogens is 1. The molecule has 188 valence electrons. The molecular weight excluding hydrogens is 431 g/mol. The van der Waals surface area contributed by atoms with Gasteiger partial charge in [0.15, 0.2) is 0 Å². The van der Waals surface area contributed by atoms with Gasteiger partial charge in [0.25, 0.3) is 0 Å². The van der Waals surface area contributed by atoms with Gasteiger partial charge in [-0.25, -0.2) is 0 Å². The fourth-order valence-corrected chi connectivity index (χ4v) is 3.63. The Bertz CT molecular complexity index is 389. The maximum atomic E-state index is 9.87. The topological polar surface area (TPSA) is 29.5 Å². The Hall–Kier alpha value is -0.110. The van der Waals surface area contributed by atoms with Crippen LogP contribution in [0.2, 0.25) is 0 Å². The van der Waals surface area contributed by atoms with E-state index in [-0.39, 0.29) is 6.61 Å². The summed E-state index contributed by atoms with van der Waals surface area (Å²) < 4.78 is 66.0. The molecule has 0 aromatic rings. The number of nitrogens with zero attached hydrogens (tertiary/aromatic N) is 1. The van der Waals surface area contributed by atoms with Crippen LogP contribution in [0, 0.1) is 0 Å². The second-order valence-corrected chi connectivity index (χ2v) is 9.92. The first-order valence-electron chi connectivity index (χ1n) is 11.3. The van der Waals surface area contributed by atoms with Crippen molar-refractivity contribution in [1.29, 1.82) is 0 Å². The molecule has 1 N–H and O–H groups in total. The maximum absolute atomic E-state index is 10.7. The Kier molecular flexibility index (Phi) is 15.9. The van der Waals surface area contributed by atoms with Crippen molar-refractivity contribution in [1.82, 2.24) is 0 Å². The monoisotopic (exact) mass is 475 g/mol. The third-order valence-electron chi connectivity index (χ3n) is 4.83. The molecule has 0 fully saturated rings. The molecule has 0 amide bonds. The van der Waals surface area contributed by atoms with E-state index in [9.17, 15) is 25.2 Å². The van der Waals surface area contributed by atoms with Gasteiger partial charge in [0.2, 0.25) is 0 Å². The summed E-state index contributed by atoms with van der Waals surface area (Å²) >= 11 is 0. The van der Waals surface area contributed by atoms with Gasteiger partial charge in [-0.2, -0.15) is 0 Å². The summed E-state index contributed by atoms with van der Waals surface area (Å²) in [6, 6.07) is 0. The minimum atomic E-state index is -10.7. The van der Waals surface area contributed by atoms with Crippen molar-refractivity contribution in [3.05, 3.63) is 0 Å². The summed E-state index contributed by atoms with van der Waals surface area (Å²) in [6.07, 6.45) is 13.6. The minimum absolute atomic E-state index is 0.138. The first-order valence-corrected chi connectivity index (χ1v) is 13.3. The predicted molar refractivity (Wildman–Crippen MR) is 114 cm³/mol. The number of aliphatic hydroxyl groups is 1. The molecule has 30 heavy (non-hydrogen) atoms. The van der Waals surface area contributed by atoms with Crippen LogP contribution in [0.25, 0.3) is 0 Å². The molecule has 0 atom stereocenters. The molecule has 0 unspecified atom stereocenters. The normalized spacial score (nSPS) is 14.6. The number of ether oxygens (including phenoxy) is 1. The molecule has 0 bridgehead atoms. The number of unbranched alkanes of at least 4 members (excludes halogenated alkanes) is 7. The van der Waals surface area contributed by atoms with E-state index in [4.69, 9.17) is 9.84 Å². The van der Waals surface area contributed by atoms with E-state index in [2.05, 4.69) is 20.8 Å². The van der Waals surface area contributed by atoms with Crippen LogP contribution in [0.1, 0.15) is 85.0 Å².